The van der Waals surface area contributed by atoms with Crippen LogP contribution in [0.25, 0.3) is 11.1 Å². The summed E-state index contributed by atoms with van der Waals surface area (Å²) in [7, 11) is 0. The Bertz CT molecular complexity index is 1570. The molecule has 4 aromatic rings. The molecule has 2 amide bonds. The minimum absolute atomic E-state index is 0.00698. The predicted molar refractivity (Wildman–Crippen MR) is 164 cm³/mol. The van der Waals surface area contributed by atoms with Gasteiger partial charge in [-0.1, -0.05) is 97.9 Å². The van der Waals surface area contributed by atoms with Crippen LogP contribution >= 0.6 is 0 Å². The molecule has 0 aliphatic heterocycles. The number of carboxylic acids is 1. The quantitative estimate of drug-likeness (QED) is 0.221. The van der Waals surface area contributed by atoms with Crippen LogP contribution in [-0.2, 0) is 11.2 Å². The molecule has 0 bridgehead atoms. The van der Waals surface area contributed by atoms with Crippen molar-refractivity contribution < 1.29 is 19.5 Å². The van der Waals surface area contributed by atoms with Gasteiger partial charge in [0.1, 0.15) is 0 Å². The number of nitrogens with one attached hydrogen (secondary N) is 1. The summed E-state index contributed by atoms with van der Waals surface area (Å²) in [6.07, 6.45) is 2.74. The Labute approximate surface area is 247 Å². The minimum atomic E-state index is -0.959. The second kappa shape index (κ2) is 13.3. The first-order chi connectivity index (χ1) is 20.4. The highest BCUT2D eigenvalue weighted by Gasteiger charge is 2.26. The number of fused-ring (bicyclic) bond motifs is 1. The van der Waals surface area contributed by atoms with Crippen LogP contribution in [-0.4, -0.2) is 40.9 Å². The van der Waals surface area contributed by atoms with Crippen molar-refractivity contribution in [2.24, 2.45) is 0 Å². The van der Waals surface area contributed by atoms with E-state index in [0.29, 0.717) is 28.8 Å². The zero-order valence-corrected chi connectivity index (χ0v) is 23.8. The highest BCUT2D eigenvalue weighted by molar-refractivity contribution is 6.06. The normalized spacial score (nSPS) is 14.8. The molecule has 1 aliphatic rings. The molecular formula is C36H36N2O4. The van der Waals surface area contributed by atoms with Gasteiger partial charge in [0.2, 0.25) is 0 Å². The lowest BCUT2D eigenvalue weighted by atomic mass is 9.87. The first-order valence-corrected chi connectivity index (χ1v) is 14.6. The van der Waals surface area contributed by atoms with Gasteiger partial charge in [-0.2, -0.15) is 0 Å². The number of carbonyl (C=O) groups excluding carboxylic acids is 2. The van der Waals surface area contributed by atoms with Crippen molar-refractivity contribution in [3.8, 4) is 11.1 Å². The highest BCUT2D eigenvalue weighted by Crippen LogP contribution is 2.32. The van der Waals surface area contributed by atoms with Crippen molar-refractivity contribution in [3.63, 3.8) is 0 Å². The average molecular weight is 561 g/mol. The topological polar surface area (TPSA) is 86.7 Å². The third-order valence-electron chi connectivity index (χ3n) is 8.04. The average Bonchev–Trinajstić information content (AvgIpc) is 3.03. The number of carbonyl (C=O) groups is 3. The summed E-state index contributed by atoms with van der Waals surface area (Å²) in [5.74, 6) is -1.40. The zero-order chi connectivity index (χ0) is 29.5. The maximum absolute atomic E-state index is 14.1. The molecule has 0 saturated carbocycles. The Balaban J connectivity index is 1.45. The van der Waals surface area contributed by atoms with Gasteiger partial charge in [-0.05, 0) is 65.1 Å². The van der Waals surface area contributed by atoms with Crippen LogP contribution in [0.15, 0.2) is 103 Å². The molecule has 6 nitrogen and oxygen atoms in total. The lowest BCUT2D eigenvalue weighted by molar-refractivity contribution is -0.137. The van der Waals surface area contributed by atoms with Gasteiger partial charge in [-0.3, -0.25) is 14.4 Å². The SMILES string of the molecule is CC(CN(CCC(=O)O)C(=O)c1ccccc1-c1ccccc1C(=O)NC1CCCc2ccccc21)c1ccccc1. The molecular weight excluding hydrogens is 524 g/mol. The second-order valence-corrected chi connectivity index (χ2v) is 10.9. The first-order valence-electron chi connectivity index (χ1n) is 14.6. The fourth-order valence-corrected chi connectivity index (χ4v) is 5.85. The molecule has 0 fully saturated rings. The number of aryl methyl sites for hydroxylation is 1. The van der Waals surface area contributed by atoms with Crippen LogP contribution in [0.4, 0.5) is 0 Å². The Kier molecular flexibility index (Phi) is 9.12. The van der Waals surface area contributed by atoms with E-state index in [0.717, 1.165) is 30.4 Å². The molecule has 214 valence electrons. The van der Waals surface area contributed by atoms with Crippen molar-refractivity contribution in [2.75, 3.05) is 13.1 Å². The van der Waals surface area contributed by atoms with Gasteiger partial charge in [0.05, 0.1) is 12.5 Å². The monoisotopic (exact) mass is 560 g/mol. The largest absolute Gasteiger partial charge is 0.481 e. The molecule has 1 aliphatic carbocycles. The van der Waals surface area contributed by atoms with E-state index in [1.807, 2.05) is 79.7 Å². The molecule has 0 aromatic heterocycles. The molecule has 2 N–H and O–H groups in total. The molecule has 0 saturated heterocycles. The highest BCUT2D eigenvalue weighted by atomic mass is 16.4. The molecule has 2 unspecified atom stereocenters. The van der Waals surface area contributed by atoms with Crippen LogP contribution in [0.5, 0.6) is 0 Å². The van der Waals surface area contributed by atoms with Crippen molar-refractivity contribution in [3.05, 3.63) is 131 Å². The Hall–Kier alpha value is -4.71. The van der Waals surface area contributed by atoms with Gasteiger partial charge >= 0.3 is 5.97 Å². The number of carboxylic acid groups (broad SMARTS) is 1. The van der Waals surface area contributed by atoms with E-state index in [9.17, 15) is 19.5 Å². The van der Waals surface area contributed by atoms with Gasteiger partial charge in [-0.15, -0.1) is 0 Å². The zero-order valence-electron chi connectivity index (χ0n) is 23.8. The third-order valence-corrected chi connectivity index (χ3v) is 8.04. The molecule has 5 rings (SSSR count). The molecule has 2 atom stereocenters. The van der Waals surface area contributed by atoms with Crippen LogP contribution in [0.1, 0.15) is 75.6 Å². The molecule has 6 heteroatoms. The smallest absolute Gasteiger partial charge is 0.305 e. The number of hydrogen-bond acceptors (Lipinski definition) is 3. The summed E-state index contributed by atoms with van der Waals surface area (Å²) in [6.45, 7) is 2.49. The maximum atomic E-state index is 14.1. The molecule has 4 aromatic carbocycles. The van der Waals surface area contributed by atoms with Crippen LogP contribution in [0, 0.1) is 0 Å². The number of hydrogen-bond donors (Lipinski definition) is 2. The molecule has 42 heavy (non-hydrogen) atoms. The van der Waals surface area contributed by atoms with E-state index >= 15 is 0 Å². The second-order valence-electron chi connectivity index (χ2n) is 10.9. The fourth-order valence-electron chi connectivity index (χ4n) is 5.85. The Morgan fingerprint density at radius 1 is 0.833 bits per heavy atom. The lowest BCUT2D eigenvalue weighted by Gasteiger charge is -2.28. The number of rotatable bonds is 10. The number of benzene rings is 4. The van der Waals surface area contributed by atoms with Gasteiger partial charge in [0.25, 0.3) is 11.8 Å². The lowest BCUT2D eigenvalue weighted by Crippen LogP contribution is -2.36. The van der Waals surface area contributed by atoms with E-state index in [1.165, 1.54) is 5.56 Å². The van der Waals surface area contributed by atoms with E-state index in [1.54, 1.807) is 23.1 Å². The summed E-state index contributed by atoms with van der Waals surface area (Å²) >= 11 is 0. The third kappa shape index (κ3) is 6.60. The van der Waals surface area contributed by atoms with Gasteiger partial charge < -0.3 is 15.3 Å². The Morgan fingerprint density at radius 2 is 1.45 bits per heavy atom. The van der Waals surface area contributed by atoms with E-state index in [4.69, 9.17) is 0 Å². The molecule has 0 heterocycles. The van der Waals surface area contributed by atoms with Crippen molar-refractivity contribution in [1.29, 1.82) is 0 Å². The van der Waals surface area contributed by atoms with Gasteiger partial charge in [-0.25, -0.2) is 0 Å². The summed E-state index contributed by atoms with van der Waals surface area (Å²) < 4.78 is 0. The van der Waals surface area contributed by atoms with Gasteiger partial charge in [0, 0.05) is 24.2 Å². The summed E-state index contributed by atoms with van der Waals surface area (Å²) in [5, 5.41) is 12.7. The van der Waals surface area contributed by atoms with Crippen LogP contribution in [0.2, 0.25) is 0 Å². The number of aliphatic carboxylic acids is 1. The number of nitrogens with zero attached hydrogens (tertiary/aromatic N) is 1. The number of amides is 2. The predicted octanol–water partition coefficient (Wildman–Crippen LogP) is 6.88. The van der Waals surface area contributed by atoms with Crippen LogP contribution < -0.4 is 5.32 Å². The minimum Gasteiger partial charge on any atom is -0.481 e. The summed E-state index contributed by atoms with van der Waals surface area (Å²) in [5.41, 5.74) is 5.74. The van der Waals surface area contributed by atoms with Gasteiger partial charge in [0.15, 0.2) is 0 Å². The molecule has 0 spiro atoms. The fraction of sp³-hybridized carbons (Fsp3) is 0.250. The first kappa shape index (κ1) is 28.8. The van der Waals surface area contributed by atoms with E-state index in [2.05, 4.69) is 17.4 Å². The maximum Gasteiger partial charge on any atom is 0.305 e. The molecule has 0 radical (unpaired) electrons. The summed E-state index contributed by atoms with van der Waals surface area (Å²) in [6, 6.07) is 32.7. The Morgan fingerprint density at radius 3 is 2.19 bits per heavy atom. The van der Waals surface area contributed by atoms with Crippen molar-refractivity contribution in [2.45, 2.75) is 44.6 Å². The van der Waals surface area contributed by atoms with Crippen molar-refractivity contribution >= 4 is 17.8 Å². The van der Waals surface area contributed by atoms with Crippen molar-refractivity contribution in [1.82, 2.24) is 10.2 Å². The summed E-state index contributed by atoms with van der Waals surface area (Å²) in [4.78, 5) is 40.9. The standard InChI is InChI=1S/C36H36N2O4/c1-25(26-12-3-2-4-13-26)24-38(23-22-34(39)40)36(42)32-20-10-8-18-30(32)29-17-7-9-19-31(29)35(41)37-33-21-11-15-27-14-5-6-16-28(27)33/h2-10,12-14,16-20,25,33H,11,15,21-24H2,1H3,(H,37,41)(H,39,40). The van der Waals surface area contributed by atoms with E-state index < -0.39 is 5.97 Å². The van der Waals surface area contributed by atoms with E-state index in [-0.39, 0.29) is 36.7 Å². The van der Waals surface area contributed by atoms with Crippen LogP contribution in [0.3, 0.4) is 0 Å².